The Labute approximate surface area is 171 Å². The Morgan fingerprint density at radius 1 is 0.931 bits per heavy atom. The molecule has 0 fully saturated rings. The zero-order chi connectivity index (χ0) is 20.6. The van der Waals surface area contributed by atoms with Gasteiger partial charge in [-0.05, 0) is 72.2 Å². The standard InChI is InChI=1S/C26H22O3/c1-19-8-12-21(13-9-19)25-17-16-24(28-2)18-23(25)7-5-4-6-20-10-14-22(15-11-20)26(27)29-3/h5,7-18H,1-3H3. The lowest BCUT2D eigenvalue weighted by atomic mass is 9.98. The number of rotatable bonds is 4. The van der Waals surface area contributed by atoms with E-state index in [9.17, 15) is 4.79 Å². The van der Waals surface area contributed by atoms with E-state index >= 15 is 0 Å². The Morgan fingerprint density at radius 2 is 1.66 bits per heavy atom. The summed E-state index contributed by atoms with van der Waals surface area (Å²) >= 11 is 0. The van der Waals surface area contributed by atoms with Crippen molar-refractivity contribution < 1.29 is 14.3 Å². The van der Waals surface area contributed by atoms with E-state index in [-0.39, 0.29) is 5.97 Å². The second-order valence-electron chi connectivity index (χ2n) is 6.49. The highest BCUT2D eigenvalue weighted by Gasteiger charge is 2.05. The lowest BCUT2D eigenvalue weighted by molar-refractivity contribution is 0.0600. The minimum atomic E-state index is -0.355. The first-order valence-electron chi connectivity index (χ1n) is 9.22. The molecule has 3 heteroatoms. The average molecular weight is 382 g/mol. The molecule has 0 atom stereocenters. The third-order valence-corrected chi connectivity index (χ3v) is 4.49. The van der Waals surface area contributed by atoms with Crippen LogP contribution >= 0.6 is 0 Å². The van der Waals surface area contributed by atoms with Crippen molar-refractivity contribution >= 4 is 12.0 Å². The molecule has 0 aliphatic carbocycles. The number of methoxy groups -OCH3 is 2. The molecule has 0 heterocycles. The Hall–Kier alpha value is -3.77. The molecule has 3 aromatic rings. The highest BCUT2D eigenvalue weighted by atomic mass is 16.5. The fourth-order valence-electron chi connectivity index (χ4n) is 2.87. The van der Waals surface area contributed by atoms with Crippen molar-refractivity contribution in [3.05, 3.63) is 95.1 Å². The van der Waals surface area contributed by atoms with Gasteiger partial charge in [0.25, 0.3) is 0 Å². The van der Waals surface area contributed by atoms with Crippen LogP contribution in [-0.2, 0) is 4.74 Å². The van der Waals surface area contributed by atoms with E-state index in [1.165, 1.54) is 12.7 Å². The Balaban J connectivity index is 1.84. The lowest BCUT2D eigenvalue weighted by Crippen LogP contribution is -2.00. The molecule has 0 saturated carbocycles. The number of benzene rings is 3. The van der Waals surface area contributed by atoms with Crippen LogP contribution in [0.25, 0.3) is 17.2 Å². The number of hydrogen-bond acceptors (Lipinski definition) is 3. The molecule has 0 bridgehead atoms. The van der Waals surface area contributed by atoms with Crippen molar-refractivity contribution in [2.75, 3.05) is 14.2 Å². The summed E-state index contributed by atoms with van der Waals surface area (Å²) in [5.41, 5.74) is 5.85. The van der Waals surface area contributed by atoms with E-state index < -0.39 is 0 Å². The van der Waals surface area contributed by atoms with E-state index in [1.807, 2.05) is 24.3 Å². The van der Waals surface area contributed by atoms with E-state index in [0.29, 0.717) is 5.56 Å². The van der Waals surface area contributed by atoms with E-state index in [2.05, 4.69) is 49.1 Å². The van der Waals surface area contributed by atoms with E-state index in [4.69, 9.17) is 9.47 Å². The molecule has 29 heavy (non-hydrogen) atoms. The average Bonchev–Trinajstić information content (AvgIpc) is 2.77. The minimum Gasteiger partial charge on any atom is -0.497 e. The molecule has 0 saturated heterocycles. The molecule has 144 valence electrons. The third kappa shape index (κ3) is 5.15. The summed E-state index contributed by atoms with van der Waals surface area (Å²) in [7, 11) is 3.02. The molecule has 3 rings (SSSR count). The Bertz CT molecular complexity index is 1080. The second kappa shape index (κ2) is 9.43. The predicted octanol–water partition coefficient (Wildman–Crippen LogP) is 5.52. The molecule has 0 radical (unpaired) electrons. The Kier molecular flexibility index (Phi) is 6.50. The molecule has 0 aromatic heterocycles. The fourth-order valence-corrected chi connectivity index (χ4v) is 2.87. The SMILES string of the molecule is COC(=O)c1ccc(C#CC=Cc2cc(OC)ccc2-c2ccc(C)cc2)cc1. The summed E-state index contributed by atoms with van der Waals surface area (Å²) in [4.78, 5) is 11.5. The van der Waals surface area contributed by atoms with Gasteiger partial charge in [-0.1, -0.05) is 47.7 Å². The van der Waals surface area contributed by atoms with Crippen LogP contribution in [0.1, 0.15) is 27.0 Å². The number of ether oxygens (including phenoxy) is 2. The molecule has 0 unspecified atom stereocenters. The van der Waals surface area contributed by atoms with Gasteiger partial charge in [-0.25, -0.2) is 4.79 Å². The summed E-state index contributed by atoms with van der Waals surface area (Å²) in [6.45, 7) is 2.08. The van der Waals surface area contributed by atoms with E-state index in [1.54, 1.807) is 31.4 Å². The summed E-state index contributed by atoms with van der Waals surface area (Å²) < 4.78 is 10.1. The van der Waals surface area contributed by atoms with Gasteiger partial charge in [-0.3, -0.25) is 0 Å². The number of aryl methyl sites for hydroxylation is 1. The normalized spacial score (nSPS) is 10.3. The molecule has 3 aromatic carbocycles. The zero-order valence-corrected chi connectivity index (χ0v) is 16.7. The van der Waals surface area contributed by atoms with Gasteiger partial charge >= 0.3 is 5.97 Å². The van der Waals surface area contributed by atoms with Crippen molar-refractivity contribution in [1.82, 2.24) is 0 Å². The highest BCUT2D eigenvalue weighted by Crippen LogP contribution is 2.28. The van der Waals surface area contributed by atoms with Gasteiger partial charge in [-0.15, -0.1) is 0 Å². The third-order valence-electron chi connectivity index (χ3n) is 4.49. The van der Waals surface area contributed by atoms with Crippen molar-refractivity contribution in [3.63, 3.8) is 0 Å². The Morgan fingerprint density at radius 3 is 2.31 bits per heavy atom. The molecular weight excluding hydrogens is 360 g/mol. The van der Waals surface area contributed by atoms with Gasteiger partial charge in [0.05, 0.1) is 19.8 Å². The number of carbonyl (C=O) groups excluding carboxylic acids is 1. The number of hydrogen-bond donors (Lipinski definition) is 0. The largest absolute Gasteiger partial charge is 0.497 e. The van der Waals surface area contributed by atoms with Crippen molar-refractivity contribution in [3.8, 4) is 28.7 Å². The molecule has 3 nitrogen and oxygen atoms in total. The highest BCUT2D eigenvalue weighted by molar-refractivity contribution is 5.89. The lowest BCUT2D eigenvalue weighted by Gasteiger charge is -2.09. The maximum absolute atomic E-state index is 11.5. The van der Waals surface area contributed by atoms with Crippen molar-refractivity contribution in [2.24, 2.45) is 0 Å². The summed E-state index contributed by atoms with van der Waals surface area (Å²) in [6.07, 6.45) is 3.80. The van der Waals surface area contributed by atoms with Crippen LogP contribution in [0.3, 0.4) is 0 Å². The topological polar surface area (TPSA) is 35.5 Å². The van der Waals surface area contributed by atoms with Crippen LogP contribution in [0.15, 0.2) is 72.8 Å². The van der Waals surface area contributed by atoms with E-state index in [0.717, 1.165) is 28.0 Å². The maximum atomic E-state index is 11.5. The predicted molar refractivity (Wildman–Crippen MR) is 117 cm³/mol. The van der Waals surface area contributed by atoms with Crippen LogP contribution in [0, 0.1) is 18.8 Å². The first-order valence-corrected chi connectivity index (χ1v) is 9.22. The number of allylic oxidation sites excluding steroid dienone is 1. The molecular formula is C26H22O3. The molecule has 0 aliphatic heterocycles. The first kappa shape index (κ1) is 20.0. The van der Waals surface area contributed by atoms with Gasteiger partial charge < -0.3 is 9.47 Å². The van der Waals surface area contributed by atoms with Gasteiger partial charge in [0.2, 0.25) is 0 Å². The zero-order valence-electron chi connectivity index (χ0n) is 16.7. The molecule has 0 aliphatic rings. The van der Waals surface area contributed by atoms with Crippen molar-refractivity contribution in [2.45, 2.75) is 6.92 Å². The smallest absolute Gasteiger partial charge is 0.337 e. The first-order chi connectivity index (χ1) is 14.1. The van der Waals surface area contributed by atoms with Crippen LogP contribution < -0.4 is 4.74 Å². The van der Waals surface area contributed by atoms with Gasteiger partial charge in [0.1, 0.15) is 5.75 Å². The molecule has 0 spiro atoms. The quantitative estimate of drug-likeness (QED) is 0.440. The van der Waals surface area contributed by atoms with Gasteiger partial charge in [0, 0.05) is 5.56 Å². The molecule has 0 amide bonds. The van der Waals surface area contributed by atoms with Gasteiger partial charge in [-0.2, -0.15) is 0 Å². The summed E-state index contributed by atoms with van der Waals surface area (Å²) in [6, 6.07) is 21.5. The second-order valence-corrected chi connectivity index (χ2v) is 6.49. The van der Waals surface area contributed by atoms with Crippen LogP contribution in [0.2, 0.25) is 0 Å². The monoisotopic (exact) mass is 382 g/mol. The summed E-state index contributed by atoms with van der Waals surface area (Å²) in [5, 5.41) is 0. The van der Waals surface area contributed by atoms with Crippen LogP contribution in [0.4, 0.5) is 0 Å². The minimum absolute atomic E-state index is 0.355. The fraction of sp³-hybridized carbons (Fsp3) is 0.115. The van der Waals surface area contributed by atoms with Gasteiger partial charge in [0.15, 0.2) is 0 Å². The van der Waals surface area contributed by atoms with Crippen molar-refractivity contribution in [1.29, 1.82) is 0 Å². The number of esters is 1. The van der Waals surface area contributed by atoms with Crippen LogP contribution in [-0.4, -0.2) is 20.2 Å². The maximum Gasteiger partial charge on any atom is 0.337 e. The number of carbonyl (C=O) groups is 1. The molecule has 0 N–H and O–H groups in total. The van der Waals surface area contributed by atoms with Crippen LogP contribution in [0.5, 0.6) is 5.75 Å². The summed E-state index contributed by atoms with van der Waals surface area (Å²) in [5.74, 6) is 6.57.